The van der Waals surface area contributed by atoms with E-state index in [1.54, 1.807) is 6.20 Å². The summed E-state index contributed by atoms with van der Waals surface area (Å²) in [6, 6.07) is 3.86. The third-order valence-corrected chi connectivity index (χ3v) is 6.78. The Balaban J connectivity index is 2.06. The number of hydrogen-bond acceptors (Lipinski definition) is 6. The lowest BCUT2D eigenvalue weighted by Gasteiger charge is -2.40. The first kappa shape index (κ1) is 26.9. The molecule has 0 amide bonds. The summed E-state index contributed by atoms with van der Waals surface area (Å²) in [4.78, 5) is 23.9. The molecular formula is C28H41N3O4. The van der Waals surface area contributed by atoms with Gasteiger partial charge in [0.25, 0.3) is 0 Å². The molecule has 35 heavy (non-hydrogen) atoms. The molecule has 1 fully saturated rings. The molecule has 1 aliphatic heterocycles. The van der Waals surface area contributed by atoms with Crippen LogP contribution in [-0.4, -0.2) is 47.3 Å². The highest BCUT2D eigenvalue weighted by atomic mass is 16.5. The van der Waals surface area contributed by atoms with E-state index in [9.17, 15) is 9.90 Å². The van der Waals surface area contributed by atoms with Crippen molar-refractivity contribution in [3.63, 3.8) is 0 Å². The molecule has 2 aromatic heterocycles. The quantitative estimate of drug-likeness (QED) is 0.360. The molecular weight excluding hydrogens is 442 g/mol. The van der Waals surface area contributed by atoms with E-state index in [0.717, 1.165) is 68.4 Å². The molecule has 0 spiro atoms. The maximum Gasteiger partial charge on any atom is 0.337 e. The van der Waals surface area contributed by atoms with Crippen LogP contribution in [0.2, 0.25) is 0 Å². The number of carboxylic acid groups (broad SMARTS) is 1. The first-order valence-electron chi connectivity index (χ1n) is 13.0. The highest BCUT2D eigenvalue weighted by Crippen LogP contribution is 2.42. The SMILES string of the molecule is CCCCOc1ccc(-c2cnc(C)c(C(OCCCC)C(=O)O)c2N2CCC(C)(C)CC2)cn1. The van der Waals surface area contributed by atoms with Crippen molar-refractivity contribution in [1.82, 2.24) is 9.97 Å². The van der Waals surface area contributed by atoms with E-state index in [2.05, 4.69) is 42.6 Å². The van der Waals surface area contributed by atoms with Crippen LogP contribution in [-0.2, 0) is 9.53 Å². The van der Waals surface area contributed by atoms with Gasteiger partial charge in [-0.2, -0.15) is 0 Å². The molecule has 1 unspecified atom stereocenters. The minimum atomic E-state index is -1.07. The maximum atomic E-state index is 12.4. The molecule has 0 radical (unpaired) electrons. The fraction of sp³-hybridized carbons (Fsp3) is 0.607. The van der Waals surface area contributed by atoms with Crippen LogP contribution in [0, 0.1) is 12.3 Å². The highest BCUT2D eigenvalue weighted by Gasteiger charge is 2.33. The Kier molecular flexibility index (Phi) is 9.49. The van der Waals surface area contributed by atoms with Crippen molar-refractivity contribution in [2.45, 2.75) is 79.2 Å². The van der Waals surface area contributed by atoms with Crippen molar-refractivity contribution in [2.75, 3.05) is 31.2 Å². The Hall–Kier alpha value is -2.67. The second kappa shape index (κ2) is 12.3. The molecule has 1 atom stereocenters. The number of pyridine rings is 2. The second-order valence-corrected chi connectivity index (χ2v) is 10.2. The van der Waals surface area contributed by atoms with Gasteiger partial charge in [0.2, 0.25) is 5.88 Å². The summed E-state index contributed by atoms with van der Waals surface area (Å²) < 4.78 is 11.7. The van der Waals surface area contributed by atoms with Crippen LogP contribution < -0.4 is 9.64 Å². The van der Waals surface area contributed by atoms with Crippen molar-refractivity contribution in [2.24, 2.45) is 5.41 Å². The monoisotopic (exact) mass is 483 g/mol. The van der Waals surface area contributed by atoms with E-state index < -0.39 is 12.1 Å². The minimum absolute atomic E-state index is 0.266. The lowest BCUT2D eigenvalue weighted by atomic mass is 9.82. The summed E-state index contributed by atoms with van der Waals surface area (Å²) in [5, 5.41) is 10.2. The molecule has 0 aliphatic carbocycles. The number of anilines is 1. The molecule has 192 valence electrons. The molecule has 0 bridgehead atoms. The van der Waals surface area contributed by atoms with Crippen LogP contribution in [0.3, 0.4) is 0 Å². The molecule has 1 saturated heterocycles. The van der Waals surface area contributed by atoms with Crippen LogP contribution in [0.1, 0.15) is 83.6 Å². The standard InChI is InChI=1S/C28H41N3O4/c1-6-8-16-34-23-11-10-21(18-30-23)22-19-29-20(3)24(26(27(32)33)35-17-9-7-2)25(22)31-14-12-28(4,5)13-15-31/h10-11,18-19,26H,6-9,12-17H2,1-5H3,(H,32,33). The van der Waals surface area contributed by atoms with Gasteiger partial charge in [-0.15, -0.1) is 0 Å². The average Bonchev–Trinajstić information content (AvgIpc) is 2.83. The van der Waals surface area contributed by atoms with E-state index in [1.165, 1.54) is 0 Å². The third kappa shape index (κ3) is 6.94. The number of rotatable bonds is 12. The van der Waals surface area contributed by atoms with Crippen LogP contribution in [0.5, 0.6) is 5.88 Å². The number of aryl methyl sites for hydroxylation is 1. The van der Waals surface area contributed by atoms with Gasteiger partial charge in [-0.05, 0) is 44.1 Å². The van der Waals surface area contributed by atoms with Crippen molar-refractivity contribution in [3.8, 4) is 17.0 Å². The first-order valence-corrected chi connectivity index (χ1v) is 13.0. The fourth-order valence-corrected chi connectivity index (χ4v) is 4.38. The van der Waals surface area contributed by atoms with E-state index in [-0.39, 0.29) is 5.41 Å². The molecule has 7 heteroatoms. The molecule has 0 aromatic carbocycles. The number of piperidine rings is 1. The van der Waals surface area contributed by atoms with Gasteiger partial charge in [0.1, 0.15) is 0 Å². The lowest BCUT2D eigenvalue weighted by molar-refractivity contribution is -0.151. The zero-order valence-corrected chi connectivity index (χ0v) is 22.0. The molecule has 1 N–H and O–H groups in total. The van der Waals surface area contributed by atoms with E-state index in [4.69, 9.17) is 9.47 Å². The number of ether oxygens (including phenoxy) is 2. The predicted molar refractivity (Wildman–Crippen MR) is 139 cm³/mol. The molecule has 0 saturated carbocycles. The molecule has 1 aliphatic rings. The smallest absolute Gasteiger partial charge is 0.337 e. The number of unbranched alkanes of at least 4 members (excludes halogenated alkanes) is 2. The summed E-state index contributed by atoms with van der Waals surface area (Å²) in [6.45, 7) is 13.4. The Morgan fingerprint density at radius 2 is 1.77 bits per heavy atom. The molecule has 3 rings (SSSR count). The maximum absolute atomic E-state index is 12.4. The molecule has 3 heterocycles. The minimum Gasteiger partial charge on any atom is -0.479 e. The summed E-state index contributed by atoms with van der Waals surface area (Å²) >= 11 is 0. The van der Waals surface area contributed by atoms with Gasteiger partial charge in [-0.1, -0.05) is 40.5 Å². The van der Waals surface area contributed by atoms with Gasteiger partial charge in [-0.25, -0.2) is 9.78 Å². The first-order chi connectivity index (χ1) is 16.8. The van der Waals surface area contributed by atoms with Crippen LogP contribution in [0.15, 0.2) is 24.5 Å². The summed E-state index contributed by atoms with van der Waals surface area (Å²) in [5.41, 5.74) is 4.27. The Morgan fingerprint density at radius 1 is 1.09 bits per heavy atom. The third-order valence-electron chi connectivity index (χ3n) is 6.78. The van der Waals surface area contributed by atoms with Gasteiger partial charge in [0.15, 0.2) is 6.10 Å². The van der Waals surface area contributed by atoms with Gasteiger partial charge in [0, 0.05) is 60.5 Å². The Bertz CT molecular complexity index is 965. The average molecular weight is 484 g/mol. The summed E-state index contributed by atoms with van der Waals surface area (Å²) in [5.74, 6) is -0.394. The van der Waals surface area contributed by atoms with Gasteiger partial charge in [0.05, 0.1) is 12.3 Å². The number of carbonyl (C=O) groups is 1. The summed E-state index contributed by atoms with van der Waals surface area (Å²) in [7, 11) is 0. The fourth-order valence-electron chi connectivity index (χ4n) is 4.38. The van der Waals surface area contributed by atoms with Gasteiger partial charge >= 0.3 is 5.97 Å². The van der Waals surface area contributed by atoms with Crippen LogP contribution >= 0.6 is 0 Å². The van der Waals surface area contributed by atoms with E-state index >= 15 is 0 Å². The largest absolute Gasteiger partial charge is 0.479 e. The lowest BCUT2D eigenvalue weighted by Crippen LogP contribution is -2.39. The van der Waals surface area contributed by atoms with E-state index in [0.29, 0.717) is 30.4 Å². The van der Waals surface area contributed by atoms with Crippen molar-refractivity contribution in [1.29, 1.82) is 0 Å². The number of aromatic nitrogens is 2. The normalized spacial score (nSPS) is 16.2. The highest BCUT2D eigenvalue weighted by molar-refractivity contribution is 5.86. The van der Waals surface area contributed by atoms with Crippen molar-refractivity contribution < 1.29 is 19.4 Å². The van der Waals surface area contributed by atoms with Gasteiger partial charge < -0.3 is 19.5 Å². The van der Waals surface area contributed by atoms with Gasteiger partial charge in [-0.3, -0.25) is 4.98 Å². The van der Waals surface area contributed by atoms with Crippen molar-refractivity contribution >= 4 is 11.7 Å². The second-order valence-electron chi connectivity index (χ2n) is 10.2. The summed E-state index contributed by atoms with van der Waals surface area (Å²) in [6.07, 6.45) is 8.44. The number of aliphatic carboxylic acids is 1. The van der Waals surface area contributed by atoms with Crippen LogP contribution in [0.4, 0.5) is 5.69 Å². The zero-order valence-electron chi connectivity index (χ0n) is 22.0. The Morgan fingerprint density at radius 3 is 2.37 bits per heavy atom. The zero-order chi connectivity index (χ0) is 25.4. The van der Waals surface area contributed by atoms with Crippen LogP contribution in [0.25, 0.3) is 11.1 Å². The topological polar surface area (TPSA) is 84.8 Å². The number of nitrogens with zero attached hydrogens (tertiary/aromatic N) is 3. The predicted octanol–water partition coefficient (Wildman–Crippen LogP) is 6.20. The molecule has 7 nitrogen and oxygen atoms in total. The number of carboxylic acids is 1. The Labute approximate surface area is 209 Å². The van der Waals surface area contributed by atoms with Crippen molar-refractivity contribution in [3.05, 3.63) is 35.8 Å². The van der Waals surface area contributed by atoms with E-state index in [1.807, 2.05) is 25.3 Å². The number of hydrogen-bond donors (Lipinski definition) is 1. The molecule has 2 aromatic rings.